The number of nitrogens with two attached hydrogens (primary N) is 1. The largest absolute Gasteiger partial charge is 0.391 e. The second-order valence-electron chi connectivity index (χ2n) is 8.97. The molecule has 0 bridgehead atoms. The van der Waals surface area contributed by atoms with Gasteiger partial charge in [-0.05, 0) is 73.6 Å². The van der Waals surface area contributed by atoms with E-state index in [9.17, 15) is 22.4 Å². The van der Waals surface area contributed by atoms with E-state index in [1.165, 1.54) is 18.5 Å². The molecule has 8 heteroatoms. The van der Waals surface area contributed by atoms with Crippen molar-refractivity contribution < 1.29 is 22.4 Å². The number of pyridine rings is 2. The maximum atomic E-state index is 14.3. The van der Waals surface area contributed by atoms with E-state index in [-0.39, 0.29) is 30.7 Å². The van der Waals surface area contributed by atoms with Crippen molar-refractivity contribution >= 4 is 5.78 Å². The number of rotatable bonds is 5. The summed E-state index contributed by atoms with van der Waals surface area (Å²) in [6.07, 6.45) is -1.09. The molecule has 3 atom stereocenters. The summed E-state index contributed by atoms with van der Waals surface area (Å²) in [6, 6.07) is 10.6. The van der Waals surface area contributed by atoms with Gasteiger partial charge in [0.25, 0.3) is 0 Å². The Balaban J connectivity index is 1.59. The molecule has 1 aliphatic rings. The summed E-state index contributed by atoms with van der Waals surface area (Å²) in [6.45, 7) is 1.84. The highest BCUT2D eigenvalue weighted by Crippen LogP contribution is 2.44. The molecule has 3 aromatic rings. The Morgan fingerprint density at radius 2 is 1.91 bits per heavy atom. The van der Waals surface area contributed by atoms with Crippen LogP contribution in [0.25, 0.3) is 11.3 Å². The molecule has 1 fully saturated rings. The molecule has 0 spiro atoms. The minimum atomic E-state index is -4.31. The summed E-state index contributed by atoms with van der Waals surface area (Å²) < 4.78 is 54.5. The monoisotopic (exact) mass is 471 g/mol. The Bertz CT molecular complexity index is 1190. The molecule has 4 rings (SSSR count). The van der Waals surface area contributed by atoms with Crippen LogP contribution in [0.4, 0.5) is 17.6 Å². The molecule has 2 heterocycles. The van der Waals surface area contributed by atoms with Crippen molar-refractivity contribution in [1.82, 2.24) is 9.97 Å². The number of ketones is 1. The van der Waals surface area contributed by atoms with E-state index in [2.05, 4.69) is 9.97 Å². The highest BCUT2D eigenvalue weighted by Gasteiger charge is 2.44. The van der Waals surface area contributed by atoms with Gasteiger partial charge in [-0.3, -0.25) is 9.78 Å². The fourth-order valence-corrected chi connectivity index (χ4v) is 4.71. The van der Waals surface area contributed by atoms with Crippen molar-refractivity contribution in [3.8, 4) is 11.3 Å². The van der Waals surface area contributed by atoms with Gasteiger partial charge >= 0.3 is 6.18 Å². The number of benzene rings is 1. The molecule has 34 heavy (non-hydrogen) atoms. The lowest BCUT2D eigenvalue weighted by Crippen LogP contribution is -2.38. The fraction of sp³-hybridized carbons (Fsp3) is 0.346. The van der Waals surface area contributed by atoms with E-state index in [0.717, 1.165) is 5.56 Å². The number of aromatic nitrogens is 2. The molecule has 0 aliphatic heterocycles. The van der Waals surface area contributed by atoms with Gasteiger partial charge in [-0.1, -0.05) is 17.7 Å². The van der Waals surface area contributed by atoms with E-state index in [1.54, 1.807) is 36.4 Å². The first kappa shape index (κ1) is 24.0. The van der Waals surface area contributed by atoms with E-state index in [1.807, 2.05) is 6.92 Å². The Labute approximate surface area is 195 Å². The molecule has 178 valence electrons. The maximum absolute atomic E-state index is 14.3. The van der Waals surface area contributed by atoms with Crippen LogP contribution in [-0.4, -0.2) is 28.0 Å². The van der Waals surface area contributed by atoms with Crippen LogP contribution < -0.4 is 5.73 Å². The van der Waals surface area contributed by atoms with Crippen molar-refractivity contribution in [3.63, 3.8) is 0 Å². The lowest BCUT2D eigenvalue weighted by atomic mass is 9.74. The summed E-state index contributed by atoms with van der Waals surface area (Å²) >= 11 is 0. The summed E-state index contributed by atoms with van der Waals surface area (Å²) in [5.74, 6) is -2.65. The zero-order chi connectivity index (χ0) is 24.5. The molecule has 0 unspecified atom stereocenters. The molecular formula is C26H25F4N3O. The topological polar surface area (TPSA) is 68.9 Å². The van der Waals surface area contributed by atoms with Crippen molar-refractivity contribution in [3.05, 3.63) is 83.1 Å². The number of halogens is 4. The molecule has 1 aliphatic carbocycles. The van der Waals surface area contributed by atoms with E-state index in [0.29, 0.717) is 28.8 Å². The van der Waals surface area contributed by atoms with Crippen molar-refractivity contribution in [2.45, 2.75) is 50.7 Å². The average Bonchev–Trinajstić information content (AvgIpc) is 2.80. The number of Topliss-reactive ketones (excluding diaryl/α,β-unsaturated/α-hetero) is 1. The third-order valence-electron chi connectivity index (χ3n) is 6.37. The van der Waals surface area contributed by atoms with E-state index in [4.69, 9.17) is 5.73 Å². The number of carbonyl (C=O) groups excluding carboxylic acids is 1. The smallest absolute Gasteiger partial charge is 0.328 e. The van der Waals surface area contributed by atoms with Gasteiger partial charge < -0.3 is 5.73 Å². The van der Waals surface area contributed by atoms with Crippen molar-refractivity contribution in [2.75, 3.05) is 0 Å². The average molecular weight is 471 g/mol. The summed E-state index contributed by atoms with van der Waals surface area (Å²) in [5, 5.41) is 0. The van der Waals surface area contributed by atoms with Gasteiger partial charge in [0, 0.05) is 30.4 Å². The number of nitrogens with zero attached hydrogens (tertiary/aromatic N) is 2. The SMILES string of the molecule is Cc1ccc(F)c(-c2cccc(C(=O)Cc3cnccc3[C@H]3C[C@@H](N)C[C@@H](C(F)(F)F)C3)n2)c1. The van der Waals surface area contributed by atoms with Crippen LogP contribution >= 0.6 is 0 Å². The quantitative estimate of drug-likeness (QED) is 0.378. The van der Waals surface area contributed by atoms with Crippen LogP contribution in [0.1, 0.15) is 52.4 Å². The van der Waals surface area contributed by atoms with Crippen LogP contribution in [0.3, 0.4) is 0 Å². The molecule has 1 aromatic carbocycles. The zero-order valence-electron chi connectivity index (χ0n) is 18.6. The van der Waals surface area contributed by atoms with Gasteiger partial charge in [0.1, 0.15) is 11.5 Å². The second kappa shape index (κ2) is 9.62. The number of carbonyl (C=O) groups is 1. The zero-order valence-corrected chi connectivity index (χ0v) is 18.6. The second-order valence-corrected chi connectivity index (χ2v) is 8.97. The fourth-order valence-electron chi connectivity index (χ4n) is 4.71. The standard InChI is InChI=1S/C26H25F4N3O/c1-15-5-6-22(27)21(9-15)23-3-2-4-24(33-23)25(34)12-17-14-32-8-7-20(17)16-10-18(26(28,29)30)13-19(31)11-16/h2-9,14,16,18-19H,10-13,31H2,1H3/t16-,18+,19-/m1/s1. The van der Waals surface area contributed by atoms with Crippen molar-refractivity contribution in [1.29, 1.82) is 0 Å². The Hall–Kier alpha value is -3.13. The van der Waals surface area contributed by atoms with Gasteiger partial charge in [0.05, 0.1) is 11.6 Å². The molecule has 4 nitrogen and oxygen atoms in total. The van der Waals surface area contributed by atoms with Gasteiger partial charge in [-0.2, -0.15) is 13.2 Å². The molecule has 0 radical (unpaired) electrons. The Morgan fingerprint density at radius 1 is 1.12 bits per heavy atom. The lowest BCUT2D eigenvalue weighted by Gasteiger charge is -2.35. The Morgan fingerprint density at radius 3 is 2.68 bits per heavy atom. The first-order chi connectivity index (χ1) is 16.1. The van der Waals surface area contributed by atoms with Gasteiger partial charge in [0.15, 0.2) is 5.78 Å². The summed E-state index contributed by atoms with van der Waals surface area (Å²) in [5.41, 5.74) is 8.83. The first-order valence-corrected chi connectivity index (χ1v) is 11.1. The minimum Gasteiger partial charge on any atom is -0.328 e. The highest BCUT2D eigenvalue weighted by molar-refractivity contribution is 5.96. The van der Waals surface area contributed by atoms with E-state index < -0.39 is 29.9 Å². The third-order valence-corrected chi connectivity index (χ3v) is 6.37. The molecule has 2 N–H and O–H groups in total. The normalized spacial score (nSPS) is 20.8. The number of aryl methyl sites for hydroxylation is 1. The number of hydrogen-bond donors (Lipinski definition) is 1. The van der Waals surface area contributed by atoms with Gasteiger partial charge in [-0.25, -0.2) is 9.37 Å². The number of alkyl halides is 3. The van der Waals surface area contributed by atoms with Gasteiger partial charge in [0.2, 0.25) is 0 Å². The van der Waals surface area contributed by atoms with Crippen LogP contribution in [0, 0.1) is 18.7 Å². The predicted molar refractivity (Wildman–Crippen MR) is 121 cm³/mol. The third kappa shape index (κ3) is 5.33. The highest BCUT2D eigenvalue weighted by atomic mass is 19.4. The number of hydrogen-bond acceptors (Lipinski definition) is 4. The van der Waals surface area contributed by atoms with Crippen LogP contribution in [0.15, 0.2) is 54.9 Å². The molecule has 0 amide bonds. The Kier molecular flexibility index (Phi) is 6.79. The summed E-state index contributed by atoms with van der Waals surface area (Å²) in [4.78, 5) is 21.5. The van der Waals surface area contributed by atoms with E-state index >= 15 is 0 Å². The molecular weight excluding hydrogens is 446 g/mol. The molecule has 2 aromatic heterocycles. The van der Waals surface area contributed by atoms with Crippen molar-refractivity contribution in [2.24, 2.45) is 11.7 Å². The van der Waals surface area contributed by atoms with Crippen LogP contribution in [-0.2, 0) is 6.42 Å². The van der Waals surface area contributed by atoms with Crippen LogP contribution in [0.2, 0.25) is 0 Å². The minimum absolute atomic E-state index is 0.0667. The maximum Gasteiger partial charge on any atom is 0.391 e. The lowest BCUT2D eigenvalue weighted by molar-refractivity contribution is -0.184. The first-order valence-electron chi connectivity index (χ1n) is 11.1. The molecule has 0 saturated heterocycles. The molecule has 1 saturated carbocycles. The van der Waals surface area contributed by atoms with Gasteiger partial charge in [-0.15, -0.1) is 0 Å². The predicted octanol–water partition coefficient (Wildman–Crippen LogP) is 5.79. The summed E-state index contributed by atoms with van der Waals surface area (Å²) in [7, 11) is 0. The van der Waals surface area contributed by atoms with Crippen LogP contribution in [0.5, 0.6) is 0 Å².